The van der Waals surface area contributed by atoms with E-state index in [2.05, 4.69) is 16.0 Å². The Morgan fingerprint density at radius 2 is 2.17 bits per heavy atom. The molecular formula is C17H26N4O2. The number of carbonyl (C=O) groups excluding carboxylic acids is 1. The minimum atomic E-state index is 0.137. The van der Waals surface area contributed by atoms with Gasteiger partial charge in [0.1, 0.15) is 0 Å². The third kappa shape index (κ3) is 4.20. The van der Waals surface area contributed by atoms with Crippen LogP contribution in [0.5, 0.6) is 0 Å². The number of ether oxygens (including phenoxy) is 1. The average Bonchev–Trinajstić information content (AvgIpc) is 2.62. The van der Waals surface area contributed by atoms with Crippen molar-refractivity contribution in [1.29, 1.82) is 0 Å². The summed E-state index contributed by atoms with van der Waals surface area (Å²) in [5, 5.41) is 0. The predicted molar refractivity (Wildman–Crippen MR) is 88.1 cm³/mol. The second kappa shape index (κ2) is 7.75. The molecule has 1 unspecified atom stereocenters. The van der Waals surface area contributed by atoms with Crippen molar-refractivity contribution in [2.75, 3.05) is 46.4 Å². The molecule has 1 atom stereocenters. The Balaban J connectivity index is 1.55. The largest absolute Gasteiger partial charge is 0.378 e. The third-order valence-electron chi connectivity index (χ3n) is 4.72. The number of hydrogen-bond donors (Lipinski definition) is 0. The van der Waals surface area contributed by atoms with Crippen LogP contribution in [-0.2, 0) is 11.3 Å². The molecule has 0 bridgehead atoms. The lowest BCUT2D eigenvalue weighted by atomic mass is 10.0. The summed E-state index contributed by atoms with van der Waals surface area (Å²) in [6.07, 6.45) is 4.04. The second-order valence-corrected chi connectivity index (χ2v) is 6.35. The Kier molecular flexibility index (Phi) is 5.46. The summed E-state index contributed by atoms with van der Waals surface area (Å²) in [5.74, 6) is 0. The van der Waals surface area contributed by atoms with Crippen molar-refractivity contribution in [3.8, 4) is 0 Å². The molecule has 0 radical (unpaired) electrons. The highest BCUT2D eigenvalue weighted by Crippen LogP contribution is 2.18. The summed E-state index contributed by atoms with van der Waals surface area (Å²) < 4.78 is 5.33. The molecular weight excluding hydrogens is 292 g/mol. The summed E-state index contributed by atoms with van der Waals surface area (Å²) in [7, 11) is 1.94. The monoisotopic (exact) mass is 318 g/mol. The van der Waals surface area contributed by atoms with Gasteiger partial charge in [-0.2, -0.15) is 0 Å². The van der Waals surface area contributed by atoms with E-state index >= 15 is 0 Å². The Bertz CT molecular complexity index is 505. The zero-order valence-electron chi connectivity index (χ0n) is 13.9. The first kappa shape index (κ1) is 16.2. The number of aromatic nitrogens is 1. The van der Waals surface area contributed by atoms with Gasteiger partial charge < -0.3 is 14.5 Å². The van der Waals surface area contributed by atoms with Gasteiger partial charge in [0.15, 0.2) is 0 Å². The van der Waals surface area contributed by atoms with Crippen LogP contribution in [0, 0.1) is 0 Å². The number of likely N-dealkylation sites (tertiary alicyclic amines) is 1. The maximum Gasteiger partial charge on any atom is 0.320 e. The molecule has 2 fully saturated rings. The van der Waals surface area contributed by atoms with E-state index in [0.717, 1.165) is 38.2 Å². The van der Waals surface area contributed by atoms with Gasteiger partial charge in [-0.1, -0.05) is 6.07 Å². The molecule has 2 aliphatic rings. The number of rotatable bonds is 3. The number of morpholine rings is 1. The average molecular weight is 318 g/mol. The van der Waals surface area contributed by atoms with Crippen LogP contribution in [0.3, 0.4) is 0 Å². The quantitative estimate of drug-likeness (QED) is 0.846. The fraction of sp³-hybridized carbons (Fsp3) is 0.647. The highest BCUT2D eigenvalue weighted by Gasteiger charge is 2.29. The van der Waals surface area contributed by atoms with Crippen molar-refractivity contribution in [3.63, 3.8) is 0 Å². The summed E-state index contributed by atoms with van der Waals surface area (Å²) in [6, 6.07) is 6.45. The van der Waals surface area contributed by atoms with Crippen LogP contribution in [0.1, 0.15) is 18.5 Å². The smallest absolute Gasteiger partial charge is 0.320 e. The zero-order chi connectivity index (χ0) is 16.1. The van der Waals surface area contributed by atoms with E-state index < -0.39 is 0 Å². The normalized spacial score (nSPS) is 22.8. The second-order valence-electron chi connectivity index (χ2n) is 6.35. The van der Waals surface area contributed by atoms with Crippen molar-refractivity contribution in [1.82, 2.24) is 19.7 Å². The molecule has 2 saturated heterocycles. The minimum absolute atomic E-state index is 0.137. The molecule has 1 aromatic heterocycles. The topological polar surface area (TPSA) is 48.9 Å². The van der Waals surface area contributed by atoms with Gasteiger partial charge in [0.05, 0.1) is 18.9 Å². The molecule has 2 aliphatic heterocycles. The fourth-order valence-electron chi connectivity index (χ4n) is 3.35. The Labute approximate surface area is 138 Å². The van der Waals surface area contributed by atoms with E-state index in [1.165, 1.54) is 0 Å². The van der Waals surface area contributed by atoms with Crippen LogP contribution in [0.2, 0.25) is 0 Å². The van der Waals surface area contributed by atoms with Crippen molar-refractivity contribution in [3.05, 3.63) is 30.1 Å². The molecule has 126 valence electrons. The number of piperidine rings is 1. The highest BCUT2D eigenvalue weighted by molar-refractivity contribution is 5.74. The van der Waals surface area contributed by atoms with Gasteiger partial charge in [-0.25, -0.2) is 4.79 Å². The zero-order valence-corrected chi connectivity index (χ0v) is 13.9. The fourth-order valence-corrected chi connectivity index (χ4v) is 3.35. The van der Waals surface area contributed by atoms with Crippen LogP contribution < -0.4 is 0 Å². The Hall–Kier alpha value is -1.66. The number of pyridine rings is 1. The molecule has 3 rings (SSSR count). The van der Waals surface area contributed by atoms with E-state index in [9.17, 15) is 4.79 Å². The molecule has 1 aromatic rings. The van der Waals surface area contributed by atoms with Crippen LogP contribution in [0.25, 0.3) is 0 Å². The van der Waals surface area contributed by atoms with Crippen LogP contribution >= 0.6 is 0 Å². The summed E-state index contributed by atoms with van der Waals surface area (Å²) in [5.41, 5.74) is 1.09. The van der Waals surface area contributed by atoms with Gasteiger partial charge >= 0.3 is 6.03 Å². The van der Waals surface area contributed by atoms with Crippen molar-refractivity contribution in [2.45, 2.75) is 25.4 Å². The maximum atomic E-state index is 12.6. The summed E-state index contributed by atoms with van der Waals surface area (Å²) >= 11 is 0. The molecule has 6 nitrogen and oxygen atoms in total. The Morgan fingerprint density at radius 1 is 1.35 bits per heavy atom. The number of hydrogen-bond acceptors (Lipinski definition) is 4. The number of nitrogens with zero attached hydrogens (tertiary/aromatic N) is 4. The molecule has 3 heterocycles. The number of carbonyl (C=O) groups is 1. The van der Waals surface area contributed by atoms with E-state index in [0.29, 0.717) is 26.3 Å². The van der Waals surface area contributed by atoms with Gasteiger partial charge in [0.25, 0.3) is 0 Å². The molecule has 0 aromatic carbocycles. The van der Waals surface area contributed by atoms with Gasteiger partial charge in [-0.05, 0) is 31.5 Å². The highest BCUT2D eigenvalue weighted by atomic mass is 16.5. The van der Waals surface area contributed by atoms with E-state index in [1.807, 2.05) is 35.2 Å². The first-order chi connectivity index (χ1) is 11.2. The van der Waals surface area contributed by atoms with Crippen molar-refractivity contribution >= 4 is 6.03 Å². The number of amides is 2. The minimum Gasteiger partial charge on any atom is -0.378 e. The molecule has 0 aliphatic carbocycles. The first-order valence-corrected chi connectivity index (χ1v) is 8.46. The summed E-state index contributed by atoms with van der Waals surface area (Å²) in [6.45, 7) is 5.56. The van der Waals surface area contributed by atoms with E-state index in [4.69, 9.17) is 4.74 Å². The number of likely N-dealkylation sites (N-methyl/N-ethyl adjacent to an activating group) is 1. The van der Waals surface area contributed by atoms with Gasteiger partial charge in [0.2, 0.25) is 0 Å². The molecule has 6 heteroatoms. The molecule has 23 heavy (non-hydrogen) atoms. The van der Waals surface area contributed by atoms with E-state index in [1.54, 1.807) is 0 Å². The number of urea groups is 1. The lowest BCUT2D eigenvalue weighted by molar-refractivity contribution is 0.0365. The third-order valence-corrected chi connectivity index (χ3v) is 4.72. The molecule has 0 spiro atoms. The molecule has 2 amide bonds. The Morgan fingerprint density at radius 3 is 2.91 bits per heavy atom. The molecule has 0 saturated carbocycles. The van der Waals surface area contributed by atoms with Crippen molar-refractivity contribution < 1.29 is 9.53 Å². The SMILES string of the molecule is CN(C(=O)N1CCOCC1)C1CCCN(Cc2ccccn2)C1. The van der Waals surface area contributed by atoms with Crippen LogP contribution in [0.4, 0.5) is 4.79 Å². The van der Waals surface area contributed by atoms with Crippen LogP contribution in [-0.4, -0.2) is 78.2 Å². The van der Waals surface area contributed by atoms with E-state index in [-0.39, 0.29) is 12.1 Å². The van der Waals surface area contributed by atoms with Gasteiger partial charge in [0, 0.05) is 45.5 Å². The standard InChI is InChI=1S/C17H26N4O2/c1-19(17(22)21-9-11-23-12-10-21)16-6-4-8-20(14-16)13-15-5-2-3-7-18-15/h2-3,5,7,16H,4,6,8-14H2,1H3. The lowest BCUT2D eigenvalue weighted by Gasteiger charge is -2.40. The first-order valence-electron chi connectivity index (χ1n) is 8.46. The van der Waals surface area contributed by atoms with Gasteiger partial charge in [-0.15, -0.1) is 0 Å². The van der Waals surface area contributed by atoms with Gasteiger partial charge in [-0.3, -0.25) is 9.88 Å². The lowest BCUT2D eigenvalue weighted by Crippen LogP contribution is -2.54. The molecule has 0 N–H and O–H groups in total. The van der Waals surface area contributed by atoms with Crippen molar-refractivity contribution in [2.24, 2.45) is 0 Å². The predicted octanol–water partition coefficient (Wildman–Crippen LogP) is 1.43. The maximum absolute atomic E-state index is 12.6. The van der Waals surface area contributed by atoms with Crippen LogP contribution in [0.15, 0.2) is 24.4 Å². The summed E-state index contributed by atoms with van der Waals surface area (Å²) in [4.78, 5) is 23.3.